The molecule has 0 radical (unpaired) electrons. The van der Waals surface area contributed by atoms with Gasteiger partial charge in [-0.3, -0.25) is 0 Å². The van der Waals surface area contributed by atoms with Crippen LogP contribution in [0.25, 0.3) is 0 Å². The van der Waals surface area contributed by atoms with Gasteiger partial charge in [0.25, 0.3) is 0 Å². The van der Waals surface area contributed by atoms with Gasteiger partial charge in [-0.15, -0.1) is 6.58 Å². The number of benzene rings is 1. The summed E-state index contributed by atoms with van der Waals surface area (Å²) in [5.41, 5.74) is 11.0. The van der Waals surface area contributed by atoms with Crippen molar-refractivity contribution in [3.05, 3.63) is 47.0 Å². The van der Waals surface area contributed by atoms with Crippen molar-refractivity contribution < 1.29 is 0 Å². The molecule has 0 aliphatic heterocycles. The van der Waals surface area contributed by atoms with E-state index in [0.29, 0.717) is 0 Å². The lowest BCUT2D eigenvalue weighted by Crippen LogP contribution is -2.11. The average Bonchev–Trinajstić information content (AvgIpc) is 2.01. The smallest absolute Gasteiger partial charge is 0.0334 e. The van der Waals surface area contributed by atoms with Crippen LogP contribution in [0.4, 0.5) is 0 Å². The average molecular weight is 189 g/mol. The molecule has 0 aromatic heterocycles. The lowest BCUT2D eigenvalue weighted by atomic mass is 9.96. The first-order valence-corrected chi connectivity index (χ1v) is 4.98. The Hall–Kier alpha value is -1.08. The van der Waals surface area contributed by atoms with E-state index in [1.807, 2.05) is 6.92 Å². The first kappa shape index (κ1) is 11.0. The summed E-state index contributed by atoms with van der Waals surface area (Å²) in [5, 5.41) is 0. The second kappa shape index (κ2) is 4.43. The SMILES string of the molecule is C=C(C)C[C@@H](N)c1ccc(C)cc1C. The molecule has 1 nitrogen and oxygen atoms in total. The molecule has 0 saturated heterocycles. The molecule has 0 unspecified atom stereocenters. The Balaban J connectivity index is 2.90. The lowest BCUT2D eigenvalue weighted by molar-refractivity contribution is 0.712. The third kappa shape index (κ3) is 2.71. The summed E-state index contributed by atoms with van der Waals surface area (Å²) < 4.78 is 0. The molecule has 0 amide bonds. The van der Waals surface area contributed by atoms with Crippen molar-refractivity contribution in [2.75, 3.05) is 0 Å². The van der Waals surface area contributed by atoms with Gasteiger partial charge in [0.1, 0.15) is 0 Å². The van der Waals surface area contributed by atoms with E-state index >= 15 is 0 Å². The highest BCUT2D eigenvalue weighted by Gasteiger charge is 2.08. The van der Waals surface area contributed by atoms with Crippen molar-refractivity contribution >= 4 is 0 Å². The first-order chi connectivity index (χ1) is 6.50. The molecule has 0 heterocycles. The minimum Gasteiger partial charge on any atom is -0.324 e. The van der Waals surface area contributed by atoms with Crippen LogP contribution < -0.4 is 5.73 Å². The van der Waals surface area contributed by atoms with Gasteiger partial charge >= 0.3 is 0 Å². The Kier molecular flexibility index (Phi) is 3.48. The predicted octanol–water partition coefficient (Wildman–Crippen LogP) is 3.27. The largest absolute Gasteiger partial charge is 0.324 e. The molecule has 0 bridgehead atoms. The molecule has 76 valence electrons. The first-order valence-electron chi connectivity index (χ1n) is 4.98. The van der Waals surface area contributed by atoms with Gasteiger partial charge in [0, 0.05) is 6.04 Å². The van der Waals surface area contributed by atoms with Gasteiger partial charge in [-0.2, -0.15) is 0 Å². The molecule has 0 aliphatic carbocycles. The van der Waals surface area contributed by atoms with Gasteiger partial charge in [-0.25, -0.2) is 0 Å². The van der Waals surface area contributed by atoms with Crippen LogP contribution in [-0.4, -0.2) is 0 Å². The number of rotatable bonds is 3. The van der Waals surface area contributed by atoms with Crippen molar-refractivity contribution in [2.45, 2.75) is 33.2 Å². The molecule has 1 rings (SSSR count). The summed E-state index contributed by atoms with van der Waals surface area (Å²) in [7, 11) is 0. The number of nitrogens with two attached hydrogens (primary N) is 1. The maximum Gasteiger partial charge on any atom is 0.0334 e. The topological polar surface area (TPSA) is 26.0 Å². The van der Waals surface area contributed by atoms with Gasteiger partial charge in [-0.05, 0) is 38.3 Å². The van der Waals surface area contributed by atoms with E-state index in [0.717, 1.165) is 12.0 Å². The van der Waals surface area contributed by atoms with Crippen molar-refractivity contribution in [3.8, 4) is 0 Å². The zero-order chi connectivity index (χ0) is 10.7. The molecule has 1 aromatic rings. The van der Waals surface area contributed by atoms with Crippen molar-refractivity contribution in [2.24, 2.45) is 5.73 Å². The van der Waals surface area contributed by atoms with Crippen LogP contribution in [0.3, 0.4) is 0 Å². The van der Waals surface area contributed by atoms with Crippen LogP contribution in [0.5, 0.6) is 0 Å². The Morgan fingerprint density at radius 1 is 1.43 bits per heavy atom. The highest BCUT2D eigenvalue weighted by Crippen LogP contribution is 2.21. The van der Waals surface area contributed by atoms with Crippen molar-refractivity contribution in [3.63, 3.8) is 0 Å². The maximum absolute atomic E-state index is 6.09. The monoisotopic (exact) mass is 189 g/mol. The van der Waals surface area contributed by atoms with Crippen molar-refractivity contribution in [1.82, 2.24) is 0 Å². The summed E-state index contributed by atoms with van der Waals surface area (Å²) in [5.74, 6) is 0. The normalized spacial score (nSPS) is 12.6. The molecule has 0 saturated carbocycles. The number of hydrogen-bond acceptors (Lipinski definition) is 1. The van der Waals surface area contributed by atoms with E-state index in [1.54, 1.807) is 0 Å². The molecule has 0 fully saturated rings. The molecule has 1 aromatic carbocycles. The minimum absolute atomic E-state index is 0.0908. The van der Waals surface area contributed by atoms with E-state index in [4.69, 9.17) is 5.73 Å². The molecular weight excluding hydrogens is 170 g/mol. The Bertz CT molecular complexity index is 339. The van der Waals surface area contributed by atoms with Crippen LogP contribution in [0, 0.1) is 13.8 Å². The molecule has 2 N–H and O–H groups in total. The quantitative estimate of drug-likeness (QED) is 0.726. The lowest BCUT2D eigenvalue weighted by Gasteiger charge is -2.15. The number of aryl methyl sites for hydroxylation is 2. The molecule has 1 atom stereocenters. The summed E-state index contributed by atoms with van der Waals surface area (Å²) in [6.07, 6.45) is 0.865. The van der Waals surface area contributed by atoms with E-state index in [9.17, 15) is 0 Å². The van der Waals surface area contributed by atoms with Crippen LogP contribution in [-0.2, 0) is 0 Å². The van der Waals surface area contributed by atoms with Gasteiger partial charge < -0.3 is 5.73 Å². The molecule has 0 aliphatic rings. The Morgan fingerprint density at radius 3 is 2.57 bits per heavy atom. The van der Waals surface area contributed by atoms with Crippen LogP contribution in [0.15, 0.2) is 30.4 Å². The van der Waals surface area contributed by atoms with Gasteiger partial charge in [0.2, 0.25) is 0 Å². The molecule has 14 heavy (non-hydrogen) atoms. The Labute approximate surface area is 86.6 Å². The summed E-state index contributed by atoms with van der Waals surface area (Å²) in [4.78, 5) is 0. The van der Waals surface area contributed by atoms with E-state index in [-0.39, 0.29) is 6.04 Å². The zero-order valence-electron chi connectivity index (χ0n) is 9.30. The summed E-state index contributed by atoms with van der Waals surface area (Å²) in [6.45, 7) is 10.1. The fraction of sp³-hybridized carbons (Fsp3) is 0.385. The van der Waals surface area contributed by atoms with Gasteiger partial charge in [0.05, 0.1) is 0 Å². The fourth-order valence-electron chi connectivity index (χ4n) is 1.73. The molecular formula is C13H19N. The molecule has 1 heteroatoms. The highest BCUT2D eigenvalue weighted by molar-refractivity contribution is 5.33. The standard InChI is InChI=1S/C13H19N/c1-9(2)7-13(14)12-6-5-10(3)8-11(12)4/h5-6,8,13H,1,7,14H2,2-4H3/t13-/m1/s1. The predicted molar refractivity (Wildman–Crippen MR) is 62.3 cm³/mol. The third-order valence-corrected chi connectivity index (χ3v) is 2.39. The third-order valence-electron chi connectivity index (χ3n) is 2.39. The highest BCUT2D eigenvalue weighted by atomic mass is 14.6. The fourth-order valence-corrected chi connectivity index (χ4v) is 1.73. The van der Waals surface area contributed by atoms with E-state index in [1.165, 1.54) is 16.7 Å². The number of hydrogen-bond donors (Lipinski definition) is 1. The second-order valence-electron chi connectivity index (χ2n) is 4.13. The molecule has 0 spiro atoms. The van der Waals surface area contributed by atoms with E-state index < -0.39 is 0 Å². The maximum atomic E-state index is 6.09. The van der Waals surface area contributed by atoms with Crippen molar-refractivity contribution in [1.29, 1.82) is 0 Å². The van der Waals surface area contributed by atoms with Gasteiger partial charge in [-0.1, -0.05) is 29.3 Å². The minimum atomic E-state index is 0.0908. The summed E-state index contributed by atoms with van der Waals surface area (Å²) >= 11 is 0. The summed E-state index contributed by atoms with van der Waals surface area (Å²) in [6, 6.07) is 6.50. The van der Waals surface area contributed by atoms with Crippen LogP contribution in [0.1, 0.15) is 36.1 Å². The Morgan fingerprint density at radius 2 is 2.07 bits per heavy atom. The second-order valence-corrected chi connectivity index (χ2v) is 4.13. The van der Waals surface area contributed by atoms with Crippen LogP contribution in [0.2, 0.25) is 0 Å². The van der Waals surface area contributed by atoms with Crippen LogP contribution >= 0.6 is 0 Å². The van der Waals surface area contributed by atoms with E-state index in [2.05, 4.69) is 38.6 Å². The van der Waals surface area contributed by atoms with Gasteiger partial charge in [0.15, 0.2) is 0 Å². The zero-order valence-corrected chi connectivity index (χ0v) is 9.30.